The fourth-order valence-corrected chi connectivity index (χ4v) is 2.53. The number of amides is 1. The van der Waals surface area contributed by atoms with E-state index in [0.29, 0.717) is 12.0 Å². The van der Waals surface area contributed by atoms with Crippen LogP contribution in [0.15, 0.2) is 12.3 Å². The van der Waals surface area contributed by atoms with Gasteiger partial charge in [0.15, 0.2) is 0 Å². The smallest absolute Gasteiger partial charge is 0.237 e. The highest BCUT2D eigenvalue weighted by atomic mass is 16.1. The van der Waals surface area contributed by atoms with Gasteiger partial charge in [0.25, 0.3) is 0 Å². The molecule has 0 unspecified atom stereocenters. The molecule has 0 saturated heterocycles. The number of nitrogens with two attached hydrogens (primary N) is 1. The summed E-state index contributed by atoms with van der Waals surface area (Å²) in [5.74, 6) is 1.04. The van der Waals surface area contributed by atoms with E-state index in [2.05, 4.69) is 15.3 Å². The zero-order valence-electron chi connectivity index (χ0n) is 11.3. The molecule has 1 fully saturated rings. The second-order valence-electron chi connectivity index (χ2n) is 4.80. The van der Waals surface area contributed by atoms with Crippen LogP contribution in [0.4, 0.5) is 11.8 Å². The molecule has 1 saturated carbocycles. The van der Waals surface area contributed by atoms with Gasteiger partial charge in [-0.25, -0.2) is 4.98 Å². The molecule has 6 nitrogen and oxygen atoms in total. The van der Waals surface area contributed by atoms with Crippen LogP contribution in [0.2, 0.25) is 0 Å². The van der Waals surface area contributed by atoms with Crippen molar-refractivity contribution in [2.75, 3.05) is 23.3 Å². The summed E-state index contributed by atoms with van der Waals surface area (Å²) in [7, 11) is 0. The molecule has 2 rings (SSSR count). The first-order valence-electron chi connectivity index (χ1n) is 6.82. The standard InChI is InChI=1S/C13H21N5O/c1-2-15-13-16-8-7-12(17-13)18(9-11(14)19)10-5-3-4-6-10/h7-8,10H,2-6,9H2,1H3,(H2,14,19)(H,15,16,17). The molecule has 1 amide bonds. The minimum absolute atomic E-state index is 0.216. The largest absolute Gasteiger partial charge is 0.368 e. The number of nitrogens with zero attached hydrogens (tertiary/aromatic N) is 3. The lowest BCUT2D eigenvalue weighted by Gasteiger charge is -2.28. The Morgan fingerprint density at radius 2 is 2.26 bits per heavy atom. The molecule has 1 aromatic heterocycles. The summed E-state index contributed by atoms with van der Waals surface area (Å²) < 4.78 is 0. The predicted octanol–water partition coefficient (Wildman–Crippen LogP) is 1.14. The molecule has 0 aromatic carbocycles. The quantitative estimate of drug-likeness (QED) is 0.804. The third-order valence-electron chi connectivity index (χ3n) is 3.36. The number of nitrogens with one attached hydrogen (secondary N) is 1. The monoisotopic (exact) mass is 263 g/mol. The summed E-state index contributed by atoms with van der Waals surface area (Å²) in [6.07, 6.45) is 6.29. The summed E-state index contributed by atoms with van der Waals surface area (Å²) >= 11 is 0. The highest BCUT2D eigenvalue weighted by Gasteiger charge is 2.25. The molecular weight excluding hydrogens is 242 g/mol. The first-order valence-corrected chi connectivity index (χ1v) is 6.82. The summed E-state index contributed by atoms with van der Waals surface area (Å²) in [4.78, 5) is 21.9. The summed E-state index contributed by atoms with van der Waals surface area (Å²) in [5.41, 5.74) is 5.36. The molecule has 1 aromatic rings. The maximum Gasteiger partial charge on any atom is 0.237 e. The second-order valence-corrected chi connectivity index (χ2v) is 4.80. The van der Waals surface area contributed by atoms with Gasteiger partial charge in [-0.15, -0.1) is 0 Å². The highest BCUT2D eigenvalue weighted by Crippen LogP contribution is 2.27. The minimum atomic E-state index is -0.324. The lowest BCUT2D eigenvalue weighted by molar-refractivity contribution is -0.116. The van der Waals surface area contributed by atoms with Crippen LogP contribution in [0, 0.1) is 0 Å². The Bertz CT molecular complexity index is 431. The number of primary amides is 1. The molecule has 1 aliphatic carbocycles. The Morgan fingerprint density at radius 3 is 2.89 bits per heavy atom. The van der Waals surface area contributed by atoms with E-state index < -0.39 is 0 Å². The Balaban J connectivity index is 2.20. The van der Waals surface area contributed by atoms with Gasteiger partial charge in [0.2, 0.25) is 11.9 Å². The van der Waals surface area contributed by atoms with Gasteiger partial charge < -0.3 is 16.0 Å². The lowest BCUT2D eigenvalue weighted by atomic mass is 10.2. The molecule has 6 heteroatoms. The zero-order chi connectivity index (χ0) is 13.7. The Labute approximate surface area is 113 Å². The van der Waals surface area contributed by atoms with Crippen molar-refractivity contribution in [1.29, 1.82) is 0 Å². The van der Waals surface area contributed by atoms with Gasteiger partial charge in [0, 0.05) is 18.8 Å². The number of anilines is 2. The Hall–Kier alpha value is -1.85. The third-order valence-corrected chi connectivity index (χ3v) is 3.36. The molecule has 0 spiro atoms. The molecule has 0 aliphatic heterocycles. The molecule has 3 N–H and O–H groups in total. The molecular formula is C13H21N5O. The molecule has 104 valence electrons. The van der Waals surface area contributed by atoms with Gasteiger partial charge in [0.05, 0.1) is 6.54 Å². The van der Waals surface area contributed by atoms with E-state index in [9.17, 15) is 4.79 Å². The van der Waals surface area contributed by atoms with Crippen molar-refractivity contribution in [2.24, 2.45) is 5.73 Å². The SMILES string of the molecule is CCNc1nccc(N(CC(N)=O)C2CCCC2)n1. The van der Waals surface area contributed by atoms with Gasteiger partial charge in [0.1, 0.15) is 5.82 Å². The van der Waals surface area contributed by atoms with E-state index in [1.165, 1.54) is 12.8 Å². The second kappa shape index (κ2) is 6.36. The predicted molar refractivity (Wildman–Crippen MR) is 75.0 cm³/mol. The van der Waals surface area contributed by atoms with Gasteiger partial charge in [-0.3, -0.25) is 4.79 Å². The van der Waals surface area contributed by atoms with E-state index in [1.807, 2.05) is 17.9 Å². The van der Waals surface area contributed by atoms with Crippen LogP contribution < -0.4 is 16.0 Å². The van der Waals surface area contributed by atoms with Gasteiger partial charge in [-0.2, -0.15) is 4.98 Å². The fourth-order valence-electron chi connectivity index (χ4n) is 2.53. The summed E-state index contributed by atoms with van der Waals surface area (Å²) in [5, 5.41) is 3.08. The van der Waals surface area contributed by atoms with Crippen LogP contribution in [-0.4, -0.2) is 35.0 Å². The summed E-state index contributed by atoms with van der Waals surface area (Å²) in [6.45, 7) is 2.98. The topological polar surface area (TPSA) is 84.1 Å². The highest BCUT2D eigenvalue weighted by molar-refractivity contribution is 5.79. The normalized spacial score (nSPS) is 15.4. The maximum absolute atomic E-state index is 11.3. The molecule has 0 atom stereocenters. The maximum atomic E-state index is 11.3. The number of hydrogen-bond donors (Lipinski definition) is 2. The van der Waals surface area contributed by atoms with Crippen molar-refractivity contribution in [3.05, 3.63) is 12.3 Å². The third kappa shape index (κ3) is 3.56. The van der Waals surface area contributed by atoms with Crippen LogP contribution in [0.1, 0.15) is 32.6 Å². The average molecular weight is 263 g/mol. The van der Waals surface area contributed by atoms with E-state index in [1.54, 1.807) is 6.20 Å². The average Bonchev–Trinajstić information content (AvgIpc) is 2.90. The lowest BCUT2D eigenvalue weighted by Crippen LogP contribution is -2.40. The molecule has 1 aliphatic rings. The molecule has 0 bridgehead atoms. The van der Waals surface area contributed by atoms with Crippen molar-refractivity contribution in [3.8, 4) is 0 Å². The van der Waals surface area contributed by atoms with Gasteiger partial charge >= 0.3 is 0 Å². The van der Waals surface area contributed by atoms with Crippen LogP contribution in [0.5, 0.6) is 0 Å². The van der Waals surface area contributed by atoms with Crippen molar-refractivity contribution in [1.82, 2.24) is 9.97 Å². The van der Waals surface area contributed by atoms with E-state index in [-0.39, 0.29) is 12.5 Å². The van der Waals surface area contributed by atoms with Crippen LogP contribution >= 0.6 is 0 Å². The number of aromatic nitrogens is 2. The number of hydrogen-bond acceptors (Lipinski definition) is 5. The van der Waals surface area contributed by atoms with Crippen molar-refractivity contribution < 1.29 is 4.79 Å². The molecule has 1 heterocycles. The Kier molecular flexibility index (Phi) is 4.54. The summed E-state index contributed by atoms with van der Waals surface area (Å²) in [6, 6.07) is 2.19. The van der Waals surface area contributed by atoms with Gasteiger partial charge in [-0.05, 0) is 25.8 Å². The number of carbonyl (C=O) groups is 1. The van der Waals surface area contributed by atoms with Crippen LogP contribution in [-0.2, 0) is 4.79 Å². The number of rotatable bonds is 6. The number of carbonyl (C=O) groups excluding carboxylic acids is 1. The first kappa shape index (κ1) is 13.6. The Morgan fingerprint density at radius 1 is 1.53 bits per heavy atom. The first-order chi connectivity index (χ1) is 9.20. The van der Waals surface area contributed by atoms with Crippen molar-refractivity contribution >= 4 is 17.7 Å². The fraction of sp³-hybridized carbons (Fsp3) is 0.615. The molecule has 19 heavy (non-hydrogen) atoms. The van der Waals surface area contributed by atoms with Crippen molar-refractivity contribution in [2.45, 2.75) is 38.6 Å². The van der Waals surface area contributed by atoms with E-state index in [0.717, 1.165) is 25.2 Å². The minimum Gasteiger partial charge on any atom is -0.368 e. The van der Waals surface area contributed by atoms with E-state index in [4.69, 9.17) is 5.73 Å². The van der Waals surface area contributed by atoms with Crippen molar-refractivity contribution in [3.63, 3.8) is 0 Å². The zero-order valence-corrected chi connectivity index (χ0v) is 11.3. The van der Waals surface area contributed by atoms with Gasteiger partial charge in [-0.1, -0.05) is 12.8 Å². The van der Waals surface area contributed by atoms with E-state index >= 15 is 0 Å². The van der Waals surface area contributed by atoms with Crippen LogP contribution in [0.25, 0.3) is 0 Å². The van der Waals surface area contributed by atoms with Crippen LogP contribution in [0.3, 0.4) is 0 Å². The molecule has 0 radical (unpaired) electrons.